The second-order valence-corrected chi connectivity index (χ2v) is 9.40. The van der Waals surface area contributed by atoms with Crippen molar-refractivity contribution < 1.29 is 22.0 Å². The third-order valence-electron chi connectivity index (χ3n) is 3.05. The first-order valence-electron chi connectivity index (χ1n) is 8.16. The van der Waals surface area contributed by atoms with Crippen LogP contribution >= 0.6 is 7.60 Å². The molecule has 0 aromatic heterocycles. The standard InChI is InChI=1S/C17H26NO5PS/c1-6-22-24(19,23-7-2)13-12-18(14-15(3)4)25(20,21)17-10-8-16(5)9-11-17/h8-11,15H,6-7,14H2,1-5H3. The van der Waals surface area contributed by atoms with E-state index in [0.717, 1.165) is 9.87 Å². The van der Waals surface area contributed by atoms with Crippen molar-refractivity contribution in [2.75, 3.05) is 19.8 Å². The van der Waals surface area contributed by atoms with Gasteiger partial charge in [0.2, 0.25) is 0 Å². The van der Waals surface area contributed by atoms with Crippen LogP contribution in [0, 0.1) is 24.5 Å². The summed E-state index contributed by atoms with van der Waals surface area (Å²) in [7, 11) is -7.49. The Labute approximate surface area is 151 Å². The van der Waals surface area contributed by atoms with Crippen LogP contribution in [0.3, 0.4) is 0 Å². The highest BCUT2D eigenvalue weighted by molar-refractivity contribution is 7.89. The van der Waals surface area contributed by atoms with Crippen molar-refractivity contribution in [1.82, 2.24) is 4.31 Å². The van der Waals surface area contributed by atoms with Crippen molar-refractivity contribution in [2.24, 2.45) is 5.92 Å². The number of aryl methyl sites for hydroxylation is 1. The molecule has 0 amide bonds. The summed E-state index contributed by atoms with van der Waals surface area (Å²) in [4.78, 5) is 0.135. The maximum atomic E-state index is 12.9. The Morgan fingerprint density at radius 2 is 1.64 bits per heavy atom. The van der Waals surface area contributed by atoms with E-state index < -0.39 is 17.6 Å². The Bertz CT molecular complexity index is 752. The molecule has 0 bridgehead atoms. The Morgan fingerprint density at radius 1 is 1.12 bits per heavy atom. The summed E-state index contributed by atoms with van der Waals surface area (Å²) in [6.45, 7) is 9.45. The van der Waals surface area contributed by atoms with Gasteiger partial charge in [0.15, 0.2) is 0 Å². The third-order valence-corrected chi connectivity index (χ3v) is 6.31. The number of rotatable bonds is 8. The number of benzene rings is 1. The molecule has 1 aromatic rings. The fraction of sp³-hybridized carbons (Fsp3) is 0.529. The molecule has 1 rings (SSSR count). The molecule has 0 spiro atoms. The van der Waals surface area contributed by atoms with Gasteiger partial charge in [0.25, 0.3) is 10.0 Å². The van der Waals surface area contributed by atoms with E-state index in [1.165, 1.54) is 12.1 Å². The van der Waals surface area contributed by atoms with Crippen LogP contribution < -0.4 is 0 Å². The molecule has 0 aliphatic carbocycles. The minimum absolute atomic E-state index is 0.0353. The quantitative estimate of drug-likeness (QED) is 0.385. The zero-order valence-corrected chi connectivity index (χ0v) is 17.1. The van der Waals surface area contributed by atoms with Gasteiger partial charge >= 0.3 is 7.60 Å². The highest BCUT2D eigenvalue weighted by Gasteiger charge is 2.25. The van der Waals surface area contributed by atoms with Gasteiger partial charge in [0.1, 0.15) is 0 Å². The van der Waals surface area contributed by atoms with Crippen LogP contribution in [-0.2, 0) is 23.6 Å². The lowest BCUT2D eigenvalue weighted by Gasteiger charge is -2.20. The maximum Gasteiger partial charge on any atom is 0.407 e. The molecule has 1 aromatic carbocycles. The Balaban J connectivity index is 3.28. The van der Waals surface area contributed by atoms with Crippen molar-refractivity contribution in [3.05, 3.63) is 29.8 Å². The fourth-order valence-corrected chi connectivity index (χ4v) is 4.52. The number of sulfonamides is 1. The van der Waals surface area contributed by atoms with Gasteiger partial charge < -0.3 is 0 Å². The summed E-state index contributed by atoms with van der Waals surface area (Å²) in [5.74, 6) is 0.0353. The van der Waals surface area contributed by atoms with Gasteiger partial charge in [-0.25, -0.2) is 17.3 Å². The van der Waals surface area contributed by atoms with E-state index in [9.17, 15) is 13.0 Å². The second kappa shape index (κ2) is 9.40. The molecular weight excluding hydrogens is 361 g/mol. The average Bonchev–Trinajstić information content (AvgIpc) is 2.52. The average molecular weight is 387 g/mol. The lowest BCUT2D eigenvalue weighted by atomic mass is 10.2. The lowest BCUT2D eigenvalue weighted by molar-refractivity contribution is 0.230. The molecule has 0 atom stereocenters. The Kier molecular flexibility index (Phi) is 8.17. The van der Waals surface area contributed by atoms with E-state index in [1.807, 2.05) is 20.8 Å². The minimum Gasteiger partial charge on any atom is -0.300 e. The molecule has 8 heteroatoms. The molecule has 0 aliphatic rings. The zero-order chi connectivity index (χ0) is 19.1. The normalized spacial score (nSPS) is 11.9. The van der Waals surface area contributed by atoms with Crippen molar-refractivity contribution >= 4 is 17.6 Å². The molecule has 0 N–H and O–H groups in total. The fourth-order valence-electron chi connectivity index (χ4n) is 1.93. The third kappa shape index (κ3) is 6.48. The van der Waals surface area contributed by atoms with Gasteiger partial charge in [-0.1, -0.05) is 31.5 Å². The Morgan fingerprint density at radius 3 is 2.08 bits per heavy atom. The van der Waals surface area contributed by atoms with Crippen molar-refractivity contribution in [2.45, 2.75) is 39.5 Å². The molecule has 0 saturated heterocycles. The summed E-state index contributed by atoms with van der Waals surface area (Å²) in [5.41, 5.74) is 3.35. The lowest BCUT2D eigenvalue weighted by Crippen LogP contribution is -2.30. The molecule has 0 fully saturated rings. The number of nitrogens with zero attached hydrogens (tertiary/aromatic N) is 1. The van der Waals surface area contributed by atoms with Gasteiger partial charge in [0.05, 0.1) is 18.1 Å². The molecule has 0 unspecified atom stereocenters. The van der Waals surface area contributed by atoms with E-state index >= 15 is 0 Å². The van der Waals surface area contributed by atoms with E-state index in [-0.39, 0.29) is 30.6 Å². The van der Waals surface area contributed by atoms with Crippen molar-refractivity contribution in [1.29, 1.82) is 0 Å². The first-order chi connectivity index (χ1) is 11.6. The van der Waals surface area contributed by atoms with E-state index in [1.54, 1.807) is 26.0 Å². The Hall–Kier alpha value is -1.32. The summed E-state index contributed by atoms with van der Waals surface area (Å²) in [6, 6.07) is 9.00. The minimum atomic E-state index is -3.84. The first-order valence-corrected chi connectivity index (χ1v) is 11.1. The van der Waals surface area contributed by atoms with Crippen LogP contribution in [0.2, 0.25) is 0 Å². The van der Waals surface area contributed by atoms with Gasteiger partial charge in [0, 0.05) is 18.3 Å². The largest absolute Gasteiger partial charge is 0.407 e. The molecule has 0 heterocycles. The number of hydrogen-bond acceptors (Lipinski definition) is 5. The van der Waals surface area contributed by atoms with Crippen LogP contribution in [0.1, 0.15) is 33.3 Å². The topological polar surface area (TPSA) is 72.9 Å². The SMILES string of the molecule is CCOP(=O)(C#CN(CC(C)C)S(=O)(=O)c1ccc(C)cc1)OCC. The van der Waals surface area contributed by atoms with E-state index in [2.05, 4.69) is 11.7 Å². The van der Waals surface area contributed by atoms with Crippen LogP contribution in [0.5, 0.6) is 0 Å². The summed E-state index contributed by atoms with van der Waals surface area (Å²) < 4.78 is 49.4. The first kappa shape index (κ1) is 21.7. The molecule has 0 saturated carbocycles. The van der Waals surface area contributed by atoms with Crippen LogP contribution in [0.15, 0.2) is 29.2 Å². The highest BCUT2D eigenvalue weighted by Crippen LogP contribution is 2.46. The smallest absolute Gasteiger partial charge is 0.300 e. The molecule has 140 valence electrons. The highest BCUT2D eigenvalue weighted by atomic mass is 32.2. The van der Waals surface area contributed by atoms with Crippen LogP contribution in [0.25, 0.3) is 0 Å². The van der Waals surface area contributed by atoms with Gasteiger partial charge in [-0.05, 0) is 38.8 Å². The summed E-state index contributed by atoms with van der Waals surface area (Å²) in [6.07, 6.45) is 0. The van der Waals surface area contributed by atoms with Gasteiger partial charge in [-0.15, -0.1) is 0 Å². The number of hydrogen-bond donors (Lipinski definition) is 0. The predicted octanol–water partition coefficient (Wildman–Crippen LogP) is 3.83. The van der Waals surface area contributed by atoms with Crippen molar-refractivity contribution in [3.8, 4) is 11.7 Å². The molecular formula is C17H26NO5PS. The van der Waals surface area contributed by atoms with Gasteiger partial charge in [-0.3, -0.25) is 9.05 Å². The monoisotopic (exact) mass is 387 g/mol. The second-order valence-electron chi connectivity index (χ2n) is 5.80. The predicted molar refractivity (Wildman–Crippen MR) is 98.5 cm³/mol. The zero-order valence-electron chi connectivity index (χ0n) is 15.4. The van der Waals surface area contributed by atoms with Crippen LogP contribution in [-0.4, -0.2) is 32.5 Å². The maximum absolute atomic E-state index is 12.9. The van der Waals surface area contributed by atoms with Crippen LogP contribution in [0.4, 0.5) is 0 Å². The molecule has 25 heavy (non-hydrogen) atoms. The molecule has 0 radical (unpaired) electrons. The van der Waals surface area contributed by atoms with E-state index in [4.69, 9.17) is 9.05 Å². The summed E-state index contributed by atoms with van der Waals surface area (Å²) >= 11 is 0. The van der Waals surface area contributed by atoms with Gasteiger partial charge in [-0.2, -0.15) is 0 Å². The molecule has 0 aliphatic heterocycles. The molecule has 6 nitrogen and oxygen atoms in total. The summed E-state index contributed by atoms with van der Waals surface area (Å²) in [5, 5.41) is 0. The van der Waals surface area contributed by atoms with Crippen molar-refractivity contribution in [3.63, 3.8) is 0 Å². The van der Waals surface area contributed by atoms with E-state index in [0.29, 0.717) is 0 Å².